The Hall–Kier alpha value is -4.33. The zero-order valence-electron chi connectivity index (χ0n) is 23.1. The molecule has 0 bridgehead atoms. The van der Waals surface area contributed by atoms with E-state index in [9.17, 15) is 9.59 Å². The third-order valence-corrected chi connectivity index (χ3v) is 6.05. The molecule has 1 aliphatic carbocycles. The molecule has 11 heteroatoms. The Labute approximate surface area is 228 Å². The topological polar surface area (TPSA) is 137 Å². The van der Waals surface area contributed by atoms with Crippen LogP contribution in [-0.4, -0.2) is 68.3 Å². The highest BCUT2D eigenvalue weighted by atomic mass is 16.6. The summed E-state index contributed by atoms with van der Waals surface area (Å²) in [4.78, 5) is 35.0. The van der Waals surface area contributed by atoms with Crippen LogP contribution < -0.4 is 16.0 Å². The molecule has 1 atom stereocenters. The molecule has 0 aliphatic heterocycles. The summed E-state index contributed by atoms with van der Waals surface area (Å²) >= 11 is 0. The van der Waals surface area contributed by atoms with Crippen molar-refractivity contribution in [2.24, 2.45) is 0 Å². The van der Waals surface area contributed by atoms with Gasteiger partial charge >= 0.3 is 6.09 Å². The summed E-state index contributed by atoms with van der Waals surface area (Å²) in [5, 5.41) is 17.6. The summed E-state index contributed by atoms with van der Waals surface area (Å²) < 4.78 is 5.32. The second kappa shape index (κ2) is 12.0. The SMILES string of the molecule is C[C@@H](C(=O)NCCCC#Cc1cnc(Nc2ccc3cn[nH]c3c2)nc1NC1CC1)N(C)C(=O)OC(C)(C)C. The van der Waals surface area contributed by atoms with E-state index in [0.29, 0.717) is 37.2 Å². The summed E-state index contributed by atoms with van der Waals surface area (Å²) in [5.74, 6) is 7.27. The van der Waals surface area contributed by atoms with E-state index in [1.165, 1.54) is 4.90 Å². The maximum Gasteiger partial charge on any atom is 0.410 e. The smallest absolute Gasteiger partial charge is 0.410 e. The number of benzene rings is 1. The number of hydrogen-bond donors (Lipinski definition) is 4. The van der Waals surface area contributed by atoms with Crippen molar-refractivity contribution in [3.63, 3.8) is 0 Å². The van der Waals surface area contributed by atoms with Crippen molar-refractivity contribution >= 4 is 40.4 Å². The van der Waals surface area contributed by atoms with Crippen LogP contribution >= 0.6 is 0 Å². The van der Waals surface area contributed by atoms with Gasteiger partial charge < -0.3 is 20.7 Å². The number of aromatic nitrogens is 4. The zero-order valence-corrected chi connectivity index (χ0v) is 23.1. The molecule has 0 unspecified atom stereocenters. The lowest BCUT2D eigenvalue weighted by molar-refractivity contribution is -0.125. The van der Waals surface area contributed by atoms with Crippen molar-refractivity contribution in [1.82, 2.24) is 30.4 Å². The molecule has 2 aromatic heterocycles. The van der Waals surface area contributed by atoms with Crippen LogP contribution in [-0.2, 0) is 9.53 Å². The van der Waals surface area contributed by atoms with E-state index < -0.39 is 17.7 Å². The van der Waals surface area contributed by atoms with Crippen LogP contribution in [0, 0.1) is 11.8 Å². The number of nitrogens with one attached hydrogen (secondary N) is 4. The first-order valence-electron chi connectivity index (χ1n) is 13.2. The first-order chi connectivity index (χ1) is 18.6. The van der Waals surface area contributed by atoms with Crippen LogP contribution in [0.4, 0.5) is 22.2 Å². The number of unbranched alkanes of at least 4 members (excludes halogenated alkanes) is 1. The van der Waals surface area contributed by atoms with Crippen LogP contribution in [0.1, 0.15) is 58.9 Å². The number of carbonyl (C=O) groups is 2. The van der Waals surface area contributed by atoms with Gasteiger partial charge in [0.1, 0.15) is 17.5 Å². The van der Waals surface area contributed by atoms with Gasteiger partial charge in [-0.05, 0) is 65.2 Å². The number of ether oxygens (including phenoxy) is 1. The number of nitrogens with zero attached hydrogens (tertiary/aromatic N) is 4. The van der Waals surface area contributed by atoms with Gasteiger partial charge in [-0.1, -0.05) is 11.8 Å². The largest absolute Gasteiger partial charge is 0.444 e. The van der Waals surface area contributed by atoms with E-state index in [-0.39, 0.29) is 5.91 Å². The first-order valence-corrected chi connectivity index (χ1v) is 13.2. The number of amides is 2. The minimum Gasteiger partial charge on any atom is -0.444 e. The molecule has 1 fully saturated rings. The number of anilines is 3. The molecule has 0 saturated heterocycles. The van der Waals surface area contributed by atoms with E-state index in [1.54, 1.807) is 47.1 Å². The van der Waals surface area contributed by atoms with Crippen molar-refractivity contribution in [2.45, 2.75) is 71.1 Å². The highest BCUT2D eigenvalue weighted by molar-refractivity contribution is 5.85. The number of carbonyl (C=O) groups excluding carboxylic acids is 2. The summed E-state index contributed by atoms with van der Waals surface area (Å²) in [6.45, 7) is 7.48. The van der Waals surface area contributed by atoms with Crippen LogP contribution in [0.2, 0.25) is 0 Å². The maximum atomic E-state index is 12.4. The molecule has 2 amide bonds. The van der Waals surface area contributed by atoms with E-state index in [1.807, 2.05) is 18.2 Å². The second-order valence-corrected chi connectivity index (χ2v) is 10.6. The first kappa shape index (κ1) is 27.7. The van der Waals surface area contributed by atoms with Gasteiger partial charge in [0, 0.05) is 37.1 Å². The van der Waals surface area contributed by atoms with Gasteiger partial charge in [-0.15, -0.1) is 0 Å². The van der Waals surface area contributed by atoms with Crippen molar-refractivity contribution in [3.05, 3.63) is 36.2 Å². The lowest BCUT2D eigenvalue weighted by atomic mass is 10.2. The van der Waals surface area contributed by atoms with Gasteiger partial charge in [-0.25, -0.2) is 9.78 Å². The second-order valence-electron chi connectivity index (χ2n) is 10.6. The van der Waals surface area contributed by atoms with Gasteiger partial charge in [0.25, 0.3) is 0 Å². The van der Waals surface area contributed by atoms with Crippen LogP contribution in [0.5, 0.6) is 0 Å². The average molecular weight is 533 g/mol. The number of hydrogen-bond acceptors (Lipinski definition) is 8. The molecule has 1 saturated carbocycles. The molecule has 4 rings (SSSR count). The lowest BCUT2D eigenvalue weighted by Gasteiger charge is -2.28. The molecule has 0 spiro atoms. The van der Waals surface area contributed by atoms with Gasteiger partial charge in [0.2, 0.25) is 11.9 Å². The van der Waals surface area contributed by atoms with E-state index in [0.717, 1.165) is 35.0 Å². The standard InChI is InChI=1S/C28H36N8O3/c1-18(36(5)27(38)39-28(2,3)4)25(37)29-14-8-6-7-9-20-16-30-26(34-24(20)32-21-12-13-21)33-22-11-10-19-17-31-35-23(19)15-22/h10-11,15-18,21H,6,8,12-14H2,1-5H3,(H,29,37)(H,31,35)(H2,30,32,33,34)/t18-/m0/s1. The van der Waals surface area contributed by atoms with Crippen molar-refractivity contribution in [1.29, 1.82) is 0 Å². The lowest BCUT2D eigenvalue weighted by Crippen LogP contribution is -2.47. The fourth-order valence-electron chi connectivity index (χ4n) is 3.57. The molecule has 1 aromatic carbocycles. The third-order valence-electron chi connectivity index (χ3n) is 6.05. The van der Waals surface area contributed by atoms with Gasteiger partial charge in [0.15, 0.2) is 0 Å². The Bertz CT molecular complexity index is 1380. The Balaban J connectivity index is 1.28. The van der Waals surface area contributed by atoms with Gasteiger partial charge in [-0.2, -0.15) is 10.1 Å². The predicted molar refractivity (Wildman–Crippen MR) is 151 cm³/mol. The molecule has 206 valence electrons. The molecule has 0 radical (unpaired) electrons. The Morgan fingerprint density at radius 1 is 1.26 bits per heavy atom. The van der Waals surface area contributed by atoms with Crippen LogP contribution in [0.15, 0.2) is 30.6 Å². The number of rotatable bonds is 9. The molecule has 11 nitrogen and oxygen atoms in total. The summed E-state index contributed by atoms with van der Waals surface area (Å²) in [5.41, 5.74) is 1.90. The number of fused-ring (bicyclic) bond motifs is 1. The maximum absolute atomic E-state index is 12.4. The van der Waals surface area contributed by atoms with Crippen LogP contribution in [0.25, 0.3) is 10.9 Å². The Morgan fingerprint density at radius 2 is 2.05 bits per heavy atom. The third kappa shape index (κ3) is 8.07. The fraction of sp³-hybridized carbons (Fsp3) is 0.464. The molecule has 39 heavy (non-hydrogen) atoms. The predicted octanol–water partition coefficient (Wildman–Crippen LogP) is 4.17. The van der Waals surface area contributed by atoms with E-state index in [4.69, 9.17) is 4.74 Å². The van der Waals surface area contributed by atoms with E-state index >= 15 is 0 Å². The normalized spacial score (nSPS) is 13.7. The number of aromatic amines is 1. The Kier molecular flexibility index (Phi) is 8.54. The minimum atomic E-state index is -0.646. The molecule has 4 N–H and O–H groups in total. The number of likely N-dealkylation sites (N-methyl/N-ethyl adjacent to an activating group) is 1. The van der Waals surface area contributed by atoms with Crippen molar-refractivity contribution in [2.75, 3.05) is 24.2 Å². The summed E-state index contributed by atoms with van der Waals surface area (Å²) in [6, 6.07) is 5.66. The van der Waals surface area contributed by atoms with Crippen molar-refractivity contribution < 1.29 is 14.3 Å². The fourth-order valence-corrected chi connectivity index (χ4v) is 3.57. The average Bonchev–Trinajstić information content (AvgIpc) is 3.58. The number of H-pyrrole nitrogens is 1. The Morgan fingerprint density at radius 3 is 2.79 bits per heavy atom. The van der Waals surface area contributed by atoms with E-state index in [2.05, 4.69) is 48.0 Å². The van der Waals surface area contributed by atoms with Gasteiger partial charge in [0.05, 0.1) is 23.5 Å². The highest BCUT2D eigenvalue weighted by Crippen LogP contribution is 2.26. The van der Waals surface area contributed by atoms with Gasteiger partial charge in [-0.3, -0.25) is 14.8 Å². The summed E-state index contributed by atoms with van der Waals surface area (Å²) in [7, 11) is 1.55. The molecule has 3 aromatic rings. The highest BCUT2D eigenvalue weighted by Gasteiger charge is 2.26. The monoisotopic (exact) mass is 532 g/mol. The molecule has 2 heterocycles. The molecule has 1 aliphatic rings. The molecular weight excluding hydrogens is 496 g/mol. The molecular formula is C28H36N8O3. The van der Waals surface area contributed by atoms with Crippen LogP contribution in [0.3, 0.4) is 0 Å². The minimum absolute atomic E-state index is 0.240. The van der Waals surface area contributed by atoms with Crippen molar-refractivity contribution in [3.8, 4) is 11.8 Å². The quantitative estimate of drug-likeness (QED) is 0.238. The zero-order chi connectivity index (χ0) is 28.0. The summed E-state index contributed by atoms with van der Waals surface area (Å²) in [6.07, 6.45) is 6.44.